The smallest absolute Gasteiger partial charge is 0.349 e. The second-order valence-corrected chi connectivity index (χ2v) is 7.85. The zero-order chi connectivity index (χ0) is 16.9. The Labute approximate surface area is 147 Å². The Morgan fingerprint density at radius 1 is 1.08 bits per heavy atom. The molecule has 0 radical (unpaired) electrons. The molecule has 1 aromatic heterocycles. The third kappa shape index (κ3) is 4.36. The van der Waals surface area contributed by atoms with Gasteiger partial charge >= 0.3 is 5.97 Å². The van der Waals surface area contributed by atoms with Crippen LogP contribution in [-0.4, -0.2) is 54.0 Å². The standard InChI is InChI=1S/C18H26N2O3S/c1-14(17(21)20-11-5-6-12-20)23-18(22)16-8-7-15(24-16)13-19-9-3-2-4-10-19/h7-8,14H,2-6,9-13H2,1H3. The molecule has 0 N–H and O–H groups in total. The summed E-state index contributed by atoms with van der Waals surface area (Å²) < 4.78 is 5.38. The fourth-order valence-corrected chi connectivity index (χ4v) is 4.31. The molecule has 2 aliphatic heterocycles. The summed E-state index contributed by atoms with van der Waals surface area (Å²) in [5.41, 5.74) is 0. The minimum atomic E-state index is -0.705. The lowest BCUT2D eigenvalue weighted by atomic mass is 10.1. The first kappa shape index (κ1) is 17.4. The predicted octanol–water partition coefficient (Wildman–Crippen LogP) is 2.90. The SMILES string of the molecule is CC(OC(=O)c1ccc(CN2CCCCC2)s1)C(=O)N1CCCC1. The molecule has 2 fully saturated rings. The Kier molecular flexibility index (Phi) is 5.89. The van der Waals surface area contributed by atoms with Crippen LogP contribution in [0.2, 0.25) is 0 Å². The van der Waals surface area contributed by atoms with Gasteiger partial charge in [-0.1, -0.05) is 6.42 Å². The maximum Gasteiger partial charge on any atom is 0.349 e. The monoisotopic (exact) mass is 350 g/mol. The fraction of sp³-hybridized carbons (Fsp3) is 0.667. The molecule has 1 unspecified atom stereocenters. The van der Waals surface area contributed by atoms with Crippen LogP contribution in [0.4, 0.5) is 0 Å². The molecule has 3 heterocycles. The van der Waals surface area contributed by atoms with Crippen molar-refractivity contribution in [2.75, 3.05) is 26.2 Å². The largest absolute Gasteiger partial charge is 0.448 e. The average molecular weight is 350 g/mol. The van der Waals surface area contributed by atoms with E-state index in [4.69, 9.17) is 4.74 Å². The minimum absolute atomic E-state index is 0.0778. The lowest BCUT2D eigenvalue weighted by Gasteiger charge is -2.25. The summed E-state index contributed by atoms with van der Waals surface area (Å²) >= 11 is 1.48. The van der Waals surface area contributed by atoms with E-state index >= 15 is 0 Å². The van der Waals surface area contributed by atoms with Gasteiger partial charge < -0.3 is 9.64 Å². The third-order valence-corrected chi connectivity index (χ3v) is 5.79. The number of carbonyl (C=O) groups is 2. The summed E-state index contributed by atoms with van der Waals surface area (Å²) in [6.45, 7) is 6.40. The van der Waals surface area contributed by atoms with Crippen molar-refractivity contribution in [2.24, 2.45) is 0 Å². The van der Waals surface area contributed by atoms with Gasteiger partial charge in [0.2, 0.25) is 0 Å². The fourth-order valence-electron chi connectivity index (χ4n) is 3.37. The number of piperidine rings is 1. The van der Waals surface area contributed by atoms with Crippen LogP contribution in [-0.2, 0) is 16.1 Å². The number of thiophene rings is 1. The average Bonchev–Trinajstić information content (AvgIpc) is 3.27. The molecule has 5 nitrogen and oxygen atoms in total. The molecule has 3 rings (SSSR count). The van der Waals surface area contributed by atoms with E-state index in [9.17, 15) is 9.59 Å². The molecule has 0 bridgehead atoms. The Balaban J connectivity index is 1.52. The molecule has 2 aliphatic rings. The molecular weight excluding hydrogens is 324 g/mol. The lowest BCUT2D eigenvalue weighted by Crippen LogP contribution is -2.38. The molecule has 0 spiro atoms. The first-order valence-corrected chi connectivity index (χ1v) is 9.76. The predicted molar refractivity (Wildman–Crippen MR) is 94.1 cm³/mol. The number of ether oxygens (including phenoxy) is 1. The molecule has 6 heteroatoms. The van der Waals surface area contributed by atoms with E-state index in [1.807, 2.05) is 12.1 Å². The van der Waals surface area contributed by atoms with Crippen LogP contribution in [0, 0.1) is 0 Å². The molecule has 0 aromatic carbocycles. The number of hydrogen-bond acceptors (Lipinski definition) is 5. The van der Waals surface area contributed by atoms with E-state index < -0.39 is 6.10 Å². The highest BCUT2D eigenvalue weighted by atomic mass is 32.1. The number of likely N-dealkylation sites (tertiary alicyclic amines) is 2. The van der Waals surface area contributed by atoms with Crippen molar-refractivity contribution in [2.45, 2.75) is 51.7 Å². The van der Waals surface area contributed by atoms with Crippen LogP contribution < -0.4 is 0 Å². The van der Waals surface area contributed by atoms with Gasteiger partial charge in [-0.15, -0.1) is 11.3 Å². The van der Waals surface area contributed by atoms with Crippen LogP contribution in [0.25, 0.3) is 0 Å². The van der Waals surface area contributed by atoms with Crippen molar-refractivity contribution in [1.82, 2.24) is 9.80 Å². The third-order valence-electron chi connectivity index (χ3n) is 4.74. The Hall–Kier alpha value is -1.40. The highest BCUT2D eigenvalue weighted by Crippen LogP contribution is 2.22. The molecule has 132 valence electrons. The van der Waals surface area contributed by atoms with Crippen LogP contribution in [0.1, 0.15) is 53.6 Å². The molecule has 1 aromatic rings. The van der Waals surface area contributed by atoms with Crippen molar-refractivity contribution < 1.29 is 14.3 Å². The van der Waals surface area contributed by atoms with Gasteiger partial charge in [0.05, 0.1) is 0 Å². The quantitative estimate of drug-likeness (QED) is 0.766. The van der Waals surface area contributed by atoms with Crippen LogP contribution >= 0.6 is 11.3 Å². The summed E-state index contributed by atoms with van der Waals surface area (Å²) in [6, 6.07) is 3.82. The van der Waals surface area contributed by atoms with Gasteiger partial charge in [0.25, 0.3) is 5.91 Å². The number of carbonyl (C=O) groups excluding carboxylic acids is 2. The molecular formula is C18H26N2O3S. The van der Waals surface area contributed by atoms with Gasteiger partial charge in [-0.25, -0.2) is 4.79 Å². The number of nitrogens with zero attached hydrogens (tertiary/aromatic N) is 2. The first-order chi connectivity index (χ1) is 11.6. The highest BCUT2D eigenvalue weighted by molar-refractivity contribution is 7.13. The maximum absolute atomic E-state index is 12.3. The van der Waals surface area contributed by atoms with E-state index in [1.54, 1.807) is 11.8 Å². The maximum atomic E-state index is 12.3. The molecule has 24 heavy (non-hydrogen) atoms. The highest BCUT2D eigenvalue weighted by Gasteiger charge is 2.26. The van der Waals surface area contributed by atoms with E-state index in [0.29, 0.717) is 4.88 Å². The zero-order valence-corrected chi connectivity index (χ0v) is 15.1. The Bertz CT molecular complexity index is 575. The summed E-state index contributed by atoms with van der Waals surface area (Å²) in [5.74, 6) is -0.462. The van der Waals surface area contributed by atoms with Crippen LogP contribution in [0.3, 0.4) is 0 Å². The molecule has 0 aliphatic carbocycles. The van der Waals surface area contributed by atoms with Crippen molar-refractivity contribution in [3.63, 3.8) is 0 Å². The number of esters is 1. The summed E-state index contributed by atoms with van der Waals surface area (Å²) in [7, 11) is 0. The topological polar surface area (TPSA) is 49.9 Å². The first-order valence-electron chi connectivity index (χ1n) is 8.94. The van der Waals surface area contributed by atoms with E-state index in [0.717, 1.165) is 45.6 Å². The van der Waals surface area contributed by atoms with Gasteiger partial charge in [0.1, 0.15) is 4.88 Å². The second kappa shape index (κ2) is 8.12. The summed E-state index contributed by atoms with van der Waals surface area (Å²) in [4.78, 5) is 30.5. The van der Waals surface area contributed by atoms with Crippen molar-refractivity contribution in [3.05, 3.63) is 21.9 Å². The van der Waals surface area contributed by atoms with Gasteiger partial charge in [-0.05, 0) is 57.8 Å². The van der Waals surface area contributed by atoms with Crippen molar-refractivity contribution in [3.8, 4) is 0 Å². The van der Waals surface area contributed by atoms with Gasteiger partial charge in [0, 0.05) is 24.5 Å². The van der Waals surface area contributed by atoms with Gasteiger partial charge in [-0.2, -0.15) is 0 Å². The Morgan fingerprint density at radius 3 is 2.46 bits per heavy atom. The lowest BCUT2D eigenvalue weighted by molar-refractivity contribution is -0.138. The van der Waals surface area contributed by atoms with E-state index in [1.165, 1.54) is 35.5 Å². The molecule has 1 amide bonds. The van der Waals surface area contributed by atoms with Gasteiger partial charge in [0.15, 0.2) is 6.10 Å². The summed E-state index contributed by atoms with van der Waals surface area (Å²) in [6.07, 6.45) is 5.21. The normalized spacial score (nSPS) is 20.1. The van der Waals surface area contributed by atoms with E-state index in [2.05, 4.69) is 4.90 Å². The molecule has 1 atom stereocenters. The van der Waals surface area contributed by atoms with E-state index in [-0.39, 0.29) is 11.9 Å². The molecule has 0 saturated carbocycles. The number of rotatable bonds is 5. The minimum Gasteiger partial charge on any atom is -0.448 e. The van der Waals surface area contributed by atoms with Crippen LogP contribution in [0.5, 0.6) is 0 Å². The molecule has 2 saturated heterocycles. The van der Waals surface area contributed by atoms with Crippen molar-refractivity contribution >= 4 is 23.2 Å². The van der Waals surface area contributed by atoms with Gasteiger partial charge in [-0.3, -0.25) is 9.69 Å². The number of amides is 1. The summed E-state index contributed by atoms with van der Waals surface area (Å²) in [5, 5.41) is 0. The second-order valence-electron chi connectivity index (χ2n) is 6.68. The zero-order valence-electron chi connectivity index (χ0n) is 14.3. The number of hydrogen-bond donors (Lipinski definition) is 0. The Morgan fingerprint density at radius 2 is 1.75 bits per heavy atom. The van der Waals surface area contributed by atoms with Crippen LogP contribution in [0.15, 0.2) is 12.1 Å². The van der Waals surface area contributed by atoms with Crippen molar-refractivity contribution in [1.29, 1.82) is 0 Å².